The van der Waals surface area contributed by atoms with Gasteiger partial charge in [-0.2, -0.15) is 4.73 Å². The highest BCUT2D eigenvalue weighted by molar-refractivity contribution is 6.35. The highest BCUT2D eigenvalue weighted by Gasteiger charge is 2.11. The van der Waals surface area contributed by atoms with Crippen molar-refractivity contribution in [3.63, 3.8) is 0 Å². The molecule has 0 saturated carbocycles. The van der Waals surface area contributed by atoms with E-state index in [1.54, 1.807) is 0 Å². The molecule has 6 nitrogen and oxygen atoms in total. The van der Waals surface area contributed by atoms with Gasteiger partial charge in [0.05, 0.1) is 5.56 Å². The summed E-state index contributed by atoms with van der Waals surface area (Å²) in [7, 11) is 0. The minimum atomic E-state index is -0.708. The minimum absolute atomic E-state index is 0.172. The molecule has 2 aromatic rings. The van der Waals surface area contributed by atoms with Crippen LogP contribution in [0.25, 0.3) is 0 Å². The van der Waals surface area contributed by atoms with E-state index in [-0.39, 0.29) is 5.56 Å². The van der Waals surface area contributed by atoms with Crippen LogP contribution >= 0.6 is 23.2 Å². The molecule has 0 spiro atoms. The fraction of sp³-hybridized carbons (Fsp3) is 0.0714. The topological polar surface area (TPSA) is 82.3 Å². The highest BCUT2D eigenvalue weighted by Crippen LogP contribution is 2.22. The van der Waals surface area contributed by atoms with Gasteiger partial charge in [-0.1, -0.05) is 23.2 Å². The molecular formula is C14H10Cl2N2O4. The summed E-state index contributed by atoms with van der Waals surface area (Å²) in [5.41, 5.74) is 0.566. The van der Waals surface area contributed by atoms with Gasteiger partial charge in [0.25, 0.3) is 5.91 Å². The summed E-state index contributed by atoms with van der Waals surface area (Å²) in [5, 5.41) is 14.1. The Kier molecular flexibility index (Phi) is 5.19. The number of amides is 1. The fourth-order valence-electron chi connectivity index (χ4n) is 1.59. The Balaban J connectivity index is 1.89. The van der Waals surface area contributed by atoms with Crippen LogP contribution in [0.5, 0.6) is 0 Å². The standard InChI is InChI=1S/C14H10Cl2N2O4/c15-10-5-11(16)7-12(6-10)17-13(19)8-22-14(20)9-1-3-18(21)4-2-9/h1-7H,8H2,(H,17,19). The lowest BCUT2D eigenvalue weighted by Crippen LogP contribution is -2.25. The molecule has 0 atom stereocenters. The number of anilines is 1. The largest absolute Gasteiger partial charge is 0.619 e. The fourth-order valence-corrected chi connectivity index (χ4v) is 2.11. The number of carbonyl (C=O) groups excluding carboxylic acids is 2. The predicted molar refractivity (Wildman–Crippen MR) is 80.8 cm³/mol. The Bertz CT molecular complexity index is 684. The first kappa shape index (κ1) is 16.1. The van der Waals surface area contributed by atoms with Crippen LogP contribution in [-0.2, 0) is 9.53 Å². The maximum absolute atomic E-state index is 11.7. The third-order valence-electron chi connectivity index (χ3n) is 2.52. The van der Waals surface area contributed by atoms with E-state index in [1.807, 2.05) is 0 Å². The van der Waals surface area contributed by atoms with Gasteiger partial charge < -0.3 is 15.3 Å². The van der Waals surface area contributed by atoms with Crippen LogP contribution in [0, 0.1) is 5.21 Å². The number of hydrogen-bond donors (Lipinski definition) is 1. The van der Waals surface area contributed by atoms with Gasteiger partial charge in [0.15, 0.2) is 19.0 Å². The lowest BCUT2D eigenvalue weighted by Gasteiger charge is -2.07. The van der Waals surface area contributed by atoms with Gasteiger partial charge in [-0.25, -0.2) is 4.79 Å². The first-order valence-corrected chi connectivity index (χ1v) is 6.81. The highest BCUT2D eigenvalue weighted by atomic mass is 35.5. The van der Waals surface area contributed by atoms with Crippen LogP contribution < -0.4 is 10.0 Å². The van der Waals surface area contributed by atoms with Crippen molar-refractivity contribution in [3.05, 3.63) is 63.5 Å². The van der Waals surface area contributed by atoms with E-state index >= 15 is 0 Å². The number of aromatic nitrogens is 1. The molecule has 1 heterocycles. The van der Waals surface area contributed by atoms with Crippen molar-refractivity contribution in [2.24, 2.45) is 0 Å². The molecule has 1 amide bonds. The van der Waals surface area contributed by atoms with Crippen molar-refractivity contribution < 1.29 is 19.1 Å². The summed E-state index contributed by atoms with van der Waals surface area (Å²) in [4.78, 5) is 23.4. The molecule has 0 aliphatic heterocycles. The third kappa shape index (κ3) is 4.61. The number of nitrogens with zero attached hydrogens (tertiary/aromatic N) is 1. The van der Waals surface area contributed by atoms with Gasteiger partial charge in [-0.05, 0) is 18.2 Å². The number of halogens is 2. The number of ether oxygens (including phenoxy) is 1. The Morgan fingerprint density at radius 1 is 1.14 bits per heavy atom. The van der Waals surface area contributed by atoms with Crippen molar-refractivity contribution in [2.45, 2.75) is 0 Å². The lowest BCUT2D eigenvalue weighted by molar-refractivity contribution is -0.605. The van der Waals surface area contributed by atoms with E-state index in [1.165, 1.54) is 30.3 Å². The molecule has 0 aliphatic rings. The molecular weight excluding hydrogens is 331 g/mol. The van der Waals surface area contributed by atoms with Crippen molar-refractivity contribution in [1.82, 2.24) is 0 Å². The van der Waals surface area contributed by atoms with Crippen molar-refractivity contribution in [1.29, 1.82) is 0 Å². The van der Waals surface area contributed by atoms with Crippen LogP contribution in [0.3, 0.4) is 0 Å². The van der Waals surface area contributed by atoms with Crippen LogP contribution in [0.1, 0.15) is 10.4 Å². The second-order valence-electron chi connectivity index (χ2n) is 4.23. The monoisotopic (exact) mass is 340 g/mol. The maximum atomic E-state index is 11.7. The predicted octanol–water partition coefficient (Wildman–Crippen LogP) is 2.42. The van der Waals surface area contributed by atoms with E-state index in [4.69, 9.17) is 27.9 Å². The molecule has 0 bridgehead atoms. The summed E-state index contributed by atoms with van der Waals surface area (Å²) in [5.74, 6) is -1.25. The van der Waals surface area contributed by atoms with Crippen LogP contribution in [-0.4, -0.2) is 18.5 Å². The van der Waals surface area contributed by atoms with E-state index in [9.17, 15) is 14.8 Å². The minimum Gasteiger partial charge on any atom is -0.619 e. The Hall–Kier alpha value is -2.31. The smallest absolute Gasteiger partial charge is 0.339 e. The number of benzene rings is 1. The summed E-state index contributed by atoms with van der Waals surface area (Å²) in [6.45, 7) is -0.477. The SMILES string of the molecule is O=C(COC(=O)c1cc[n+]([O-])cc1)Nc1cc(Cl)cc(Cl)c1. The van der Waals surface area contributed by atoms with Crippen molar-refractivity contribution in [2.75, 3.05) is 11.9 Å². The molecule has 0 saturated heterocycles. The van der Waals surface area contributed by atoms with Crippen molar-refractivity contribution in [3.8, 4) is 0 Å². The molecule has 1 aromatic heterocycles. The zero-order valence-electron chi connectivity index (χ0n) is 11.1. The van der Waals surface area contributed by atoms with Gasteiger partial charge in [-0.15, -0.1) is 0 Å². The third-order valence-corrected chi connectivity index (χ3v) is 2.95. The molecule has 0 unspecified atom stereocenters. The normalized spacial score (nSPS) is 10.1. The Labute approximate surface area is 135 Å². The van der Waals surface area contributed by atoms with Crippen molar-refractivity contribution >= 4 is 40.8 Å². The second kappa shape index (κ2) is 7.11. The van der Waals surface area contributed by atoms with Gasteiger partial charge in [0.2, 0.25) is 0 Å². The lowest BCUT2D eigenvalue weighted by atomic mass is 10.3. The molecule has 0 fully saturated rings. The van der Waals surface area contributed by atoms with E-state index in [0.29, 0.717) is 20.5 Å². The number of pyridine rings is 1. The number of nitrogens with one attached hydrogen (secondary N) is 1. The van der Waals surface area contributed by atoms with E-state index in [0.717, 1.165) is 12.4 Å². The first-order valence-electron chi connectivity index (χ1n) is 6.06. The maximum Gasteiger partial charge on any atom is 0.339 e. The number of esters is 1. The average molecular weight is 341 g/mol. The van der Waals surface area contributed by atoms with E-state index in [2.05, 4.69) is 5.32 Å². The molecule has 0 radical (unpaired) electrons. The molecule has 8 heteroatoms. The van der Waals surface area contributed by atoms with Crippen LogP contribution in [0.2, 0.25) is 10.0 Å². The number of rotatable bonds is 4. The van der Waals surface area contributed by atoms with Crippen LogP contribution in [0.15, 0.2) is 42.7 Å². The Morgan fingerprint density at radius 3 is 2.32 bits per heavy atom. The molecule has 1 N–H and O–H groups in total. The molecule has 0 aliphatic carbocycles. The molecule has 2 rings (SSSR count). The first-order chi connectivity index (χ1) is 10.4. The zero-order chi connectivity index (χ0) is 16.1. The van der Waals surface area contributed by atoms with Gasteiger partial charge in [0, 0.05) is 27.9 Å². The quantitative estimate of drug-likeness (QED) is 0.526. The molecule has 22 heavy (non-hydrogen) atoms. The summed E-state index contributed by atoms with van der Waals surface area (Å²) < 4.78 is 5.37. The molecule has 114 valence electrons. The average Bonchev–Trinajstić information content (AvgIpc) is 2.44. The van der Waals surface area contributed by atoms with Crippen LogP contribution in [0.4, 0.5) is 5.69 Å². The zero-order valence-corrected chi connectivity index (χ0v) is 12.6. The van der Waals surface area contributed by atoms with Gasteiger partial charge in [0.1, 0.15) is 0 Å². The Morgan fingerprint density at radius 2 is 1.73 bits per heavy atom. The summed E-state index contributed by atoms with van der Waals surface area (Å²) in [6, 6.07) is 7.14. The molecule has 1 aromatic carbocycles. The second-order valence-corrected chi connectivity index (χ2v) is 5.10. The number of carbonyl (C=O) groups is 2. The van der Waals surface area contributed by atoms with Gasteiger partial charge in [-0.3, -0.25) is 4.79 Å². The summed E-state index contributed by atoms with van der Waals surface area (Å²) >= 11 is 11.6. The van der Waals surface area contributed by atoms with Gasteiger partial charge >= 0.3 is 5.97 Å². The van der Waals surface area contributed by atoms with E-state index < -0.39 is 18.5 Å². The summed E-state index contributed by atoms with van der Waals surface area (Å²) in [6.07, 6.45) is 2.31. The number of hydrogen-bond acceptors (Lipinski definition) is 4.